The lowest BCUT2D eigenvalue weighted by atomic mass is 9.89. The summed E-state index contributed by atoms with van der Waals surface area (Å²) in [6.45, 7) is 10.8. The van der Waals surface area contributed by atoms with E-state index in [1.165, 1.54) is 27.8 Å². The van der Waals surface area contributed by atoms with Gasteiger partial charge in [0.25, 0.3) is 0 Å². The van der Waals surface area contributed by atoms with Crippen molar-refractivity contribution < 1.29 is 0 Å². The second-order valence-electron chi connectivity index (χ2n) is 11.8. The van der Waals surface area contributed by atoms with E-state index in [0.29, 0.717) is 0 Å². The Balaban J connectivity index is 1.49. The van der Waals surface area contributed by atoms with E-state index in [1.807, 2.05) is 19.1 Å². The number of nitrogens with zero attached hydrogens (tertiary/aromatic N) is 1. The number of anilines is 3. The Morgan fingerprint density at radius 1 is 0.660 bits per heavy atom. The predicted octanol–water partition coefficient (Wildman–Crippen LogP) is 11.8. The molecule has 0 aliphatic rings. The zero-order chi connectivity index (χ0) is 32.6. The molecule has 0 radical (unpaired) electrons. The Morgan fingerprint density at radius 3 is 1.98 bits per heavy atom. The van der Waals surface area contributed by atoms with Crippen molar-refractivity contribution in [2.45, 2.75) is 33.4 Å². The lowest BCUT2D eigenvalue weighted by Gasteiger charge is -2.23. The molecule has 6 aromatic rings. The molecule has 0 fully saturated rings. The standard InChI is InChI=1S/C44H41N3/c1-5-33-18-13-14-23-38(33)42-39(24-16-26-41(42)45-37-29-27-35(28-30-37)34-19-8-6-9-20-34)43(31(2)3)47-44(36-21-10-7-11-22-36)46-40-25-15-12-17-32(40)4/h6-30,44-46H,2,5H2,1,3-4H3/b47-43+. The third-order valence-corrected chi connectivity index (χ3v) is 8.47. The Kier molecular flexibility index (Phi) is 9.74. The summed E-state index contributed by atoms with van der Waals surface area (Å²) >= 11 is 0. The number of hydrogen-bond acceptors (Lipinski definition) is 3. The van der Waals surface area contributed by atoms with Crippen molar-refractivity contribution in [3.8, 4) is 22.3 Å². The second-order valence-corrected chi connectivity index (χ2v) is 11.8. The van der Waals surface area contributed by atoms with Crippen LogP contribution < -0.4 is 10.6 Å². The van der Waals surface area contributed by atoms with Gasteiger partial charge in [0.15, 0.2) is 0 Å². The molecule has 0 saturated heterocycles. The smallest absolute Gasteiger partial charge is 0.145 e. The van der Waals surface area contributed by atoms with Gasteiger partial charge in [-0.3, -0.25) is 4.99 Å². The van der Waals surface area contributed by atoms with Gasteiger partial charge in [0, 0.05) is 28.2 Å². The molecule has 6 rings (SSSR count). The Morgan fingerprint density at radius 2 is 1.28 bits per heavy atom. The molecular weight excluding hydrogens is 571 g/mol. The third-order valence-electron chi connectivity index (χ3n) is 8.47. The van der Waals surface area contributed by atoms with Crippen LogP contribution in [-0.2, 0) is 6.42 Å². The minimum absolute atomic E-state index is 0.319. The molecule has 1 unspecified atom stereocenters. The highest BCUT2D eigenvalue weighted by Gasteiger charge is 2.21. The minimum atomic E-state index is -0.319. The van der Waals surface area contributed by atoms with Crippen LogP contribution in [0.1, 0.15) is 42.3 Å². The van der Waals surface area contributed by atoms with Crippen LogP contribution in [-0.4, -0.2) is 5.71 Å². The maximum atomic E-state index is 5.47. The Bertz CT molecular complexity index is 1990. The summed E-state index contributed by atoms with van der Waals surface area (Å²) in [6, 6.07) is 53.0. The molecule has 3 heteroatoms. The molecule has 3 nitrogen and oxygen atoms in total. The van der Waals surface area contributed by atoms with Crippen molar-refractivity contribution in [2.75, 3.05) is 10.6 Å². The number of para-hydroxylation sites is 1. The normalized spacial score (nSPS) is 11.9. The first-order valence-corrected chi connectivity index (χ1v) is 16.3. The van der Waals surface area contributed by atoms with Crippen LogP contribution in [0, 0.1) is 6.92 Å². The number of allylic oxidation sites excluding steroid dienone is 1. The van der Waals surface area contributed by atoms with Crippen molar-refractivity contribution in [3.63, 3.8) is 0 Å². The molecule has 6 aromatic carbocycles. The number of hydrogen-bond donors (Lipinski definition) is 2. The largest absolute Gasteiger partial charge is 0.360 e. The van der Waals surface area contributed by atoms with Crippen LogP contribution in [0.15, 0.2) is 169 Å². The van der Waals surface area contributed by atoms with Crippen LogP contribution >= 0.6 is 0 Å². The van der Waals surface area contributed by atoms with Gasteiger partial charge in [0.2, 0.25) is 0 Å². The fourth-order valence-corrected chi connectivity index (χ4v) is 5.99. The van der Waals surface area contributed by atoms with Crippen molar-refractivity contribution in [2.24, 2.45) is 4.99 Å². The van der Waals surface area contributed by atoms with Gasteiger partial charge in [-0.25, -0.2) is 0 Å². The summed E-state index contributed by atoms with van der Waals surface area (Å²) in [4.78, 5) is 5.47. The summed E-state index contributed by atoms with van der Waals surface area (Å²) in [5, 5.41) is 7.50. The maximum Gasteiger partial charge on any atom is 0.145 e. The predicted molar refractivity (Wildman–Crippen MR) is 202 cm³/mol. The van der Waals surface area contributed by atoms with E-state index in [1.54, 1.807) is 0 Å². The van der Waals surface area contributed by atoms with Crippen molar-refractivity contribution in [3.05, 3.63) is 186 Å². The first-order valence-electron chi connectivity index (χ1n) is 16.3. The lowest BCUT2D eigenvalue weighted by molar-refractivity contribution is 0.836. The van der Waals surface area contributed by atoms with Crippen LogP contribution in [0.2, 0.25) is 0 Å². The molecule has 0 bridgehead atoms. The molecule has 0 spiro atoms. The number of nitrogens with one attached hydrogen (secondary N) is 2. The van der Waals surface area contributed by atoms with E-state index in [2.05, 4.69) is 171 Å². The highest BCUT2D eigenvalue weighted by molar-refractivity contribution is 6.17. The van der Waals surface area contributed by atoms with Gasteiger partial charge in [-0.15, -0.1) is 0 Å². The number of rotatable bonds is 11. The average Bonchev–Trinajstić information content (AvgIpc) is 3.12. The molecule has 232 valence electrons. The summed E-state index contributed by atoms with van der Waals surface area (Å²) < 4.78 is 0. The summed E-state index contributed by atoms with van der Waals surface area (Å²) in [7, 11) is 0. The molecule has 0 saturated carbocycles. The van der Waals surface area contributed by atoms with E-state index in [0.717, 1.165) is 51.5 Å². The quantitative estimate of drug-likeness (QED) is 0.143. The molecule has 47 heavy (non-hydrogen) atoms. The Labute approximate surface area is 279 Å². The summed E-state index contributed by atoms with van der Waals surface area (Å²) in [5.74, 6) is 0. The van der Waals surface area contributed by atoms with E-state index < -0.39 is 0 Å². The molecule has 0 heterocycles. The minimum Gasteiger partial charge on any atom is -0.360 e. The van der Waals surface area contributed by atoms with Gasteiger partial charge in [0.05, 0.1) is 5.71 Å². The van der Waals surface area contributed by atoms with Crippen LogP contribution in [0.3, 0.4) is 0 Å². The van der Waals surface area contributed by atoms with E-state index in [4.69, 9.17) is 4.99 Å². The van der Waals surface area contributed by atoms with Gasteiger partial charge in [-0.05, 0) is 83.5 Å². The summed E-state index contributed by atoms with van der Waals surface area (Å²) in [6.07, 6.45) is 0.594. The van der Waals surface area contributed by atoms with E-state index in [-0.39, 0.29) is 6.17 Å². The fourth-order valence-electron chi connectivity index (χ4n) is 5.99. The molecular formula is C44H41N3. The molecule has 0 amide bonds. The average molecular weight is 612 g/mol. The highest BCUT2D eigenvalue weighted by Crippen LogP contribution is 2.38. The zero-order valence-corrected chi connectivity index (χ0v) is 27.4. The van der Waals surface area contributed by atoms with E-state index in [9.17, 15) is 0 Å². The second kappa shape index (κ2) is 14.6. The number of aliphatic imine (C=N–C) groups is 1. The van der Waals surface area contributed by atoms with Crippen molar-refractivity contribution in [1.29, 1.82) is 0 Å². The third kappa shape index (κ3) is 7.26. The van der Waals surface area contributed by atoms with Crippen molar-refractivity contribution in [1.82, 2.24) is 0 Å². The Hall–Kier alpha value is -5.67. The first-order chi connectivity index (χ1) is 23.0. The van der Waals surface area contributed by atoms with Gasteiger partial charge in [-0.2, -0.15) is 0 Å². The van der Waals surface area contributed by atoms with Crippen LogP contribution in [0.5, 0.6) is 0 Å². The first kappa shape index (κ1) is 31.3. The topological polar surface area (TPSA) is 36.4 Å². The van der Waals surface area contributed by atoms with Crippen LogP contribution in [0.25, 0.3) is 22.3 Å². The van der Waals surface area contributed by atoms with Crippen LogP contribution in [0.4, 0.5) is 17.1 Å². The number of benzene rings is 6. The molecule has 1 atom stereocenters. The number of aryl methyl sites for hydroxylation is 2. The SMILES string of the molecule is C=C(C)/C(=N\C(Nc1ccccc1C)c1ccccc1)c1cccc(Nc2ccc(-c3ccccc3)cc2)c1-c1ccccc1CC. The lowest BCUT2D eigenvalue weighted by Crippen LogP contribution is -2.15. The van der Waals surface area contributed by atoms with Gasteiger partial charge in [0.1, 0.15) is 6.17 Å². The molecule has 2 N–H and O–H groups in total. The monoisotopic (exact) mass is 611 g/mol. The van der Waals surface area contributed by atoms with Gasteiger partial charge in [-0.1, -0.05) is 141 Å². The molecule has 0 aliphatic heterocycles. The molecule has 0 aliphatic carbocycles. The zero-order valence-electron chi connectivity index (χ0n) is 27.4. The highest BCUT2D eigenvalue weighted by atomic mass is 15.1. The van der Waals surface area contributed by atoms with Crippen molar-refractivity contribution >= 4 is 22.8 Å². The maximum absolute atomic E-state index is 5.47. The van der Waals surface area contributed by atoms with Gasteiger partial charge >= 0.3 is 0 Å². The van der Waals surface area contributed by atoms with E-state index >= 15 is 0 Å². The fraction of sp³-hybridized carbons (Fsp3) is 0.114. The van der Waals surface area contributed by atoms with Gasteiger partial charge < -0.3 is 10.6 Å². The molecule has 0 aromatic heterocycles. The summed E-state index contributed by atoms with van der Waals surface area (Å²) in [5.41, 5.74) is 14.1.